The highest BCUT2D eigenvalue weighted by Crippen LogP contribution is 2.32. The minimum Gasteiger partial charge on any atom is -0.478 e. The molecule has 5 N–H and O–H groups in total. The summed E-state index contributed by atoms with van der Waals surface area (Å²) in [5, 5.41) is 22.1. The maximum atomic E-state index is 11.5. The van der Waals surface area contributed by atoms with Gasteiger partial charge >= 0.3 is 11.9 Å². The van der Waals surface area contributed by atoms with Crippen molar-refractivity contribution in [3.05, 3.63) is 53.1 Å². The van der Waals surface area contributed by atoms with E-state index in [-0.39, 0.29) is 27.5 Å². The Hall–Kier alpha value is -3.19. The van der Waals surface area contributed by atoms with E-state index >= 15 is 0 Å². The highest BCUT2D eigenvalue weighted by molar-refractivity contribution is 6.18. The van der Waals surface area contributed by atoms with Gasteiger partial charge in [-0.2, -0.15) is 0 Å². The lowest BCUT2D eigenvalue weighted by molar-refractivity contribution is 0.0686. The van der Waals surface area contributed by atoms with Gasteiger partial charge in [0.1, 0.15) is 0 Å². The average Bonchev–Trinajstić information content (AvgIpc) is 2.60. The zero-order valence-electron chi connectivity index (χ0n) is 14.7. The summed E-state index contributed by atoms with van der Waals surface area (Å²) in [7, 11) is 0. The molecule has 0 saturated heterocycles. The first-order valence-corrected chi connectivity index (χ1v) is 7.98. The van der Waals surface area contributed by atoms with E-state index in [1.807, 2.05) is 13.8 Å². The molecule has 0 bridgehead atoms. The Labute approximate surface area is 151 Å². The van der Waals surface area contributed by atoms with Crippen molar-refractivity contribution in [3.8, 4) is 0 Å². The maximum absolute atomic E-state index is 11.5. The molecule has 0 aromatic heterocycles. The van der Waals surface area contributed by atoms with Crippen LogP contribution in [0.15, 0.2) is 30.8 Å². The van der Waals surface area contributed by atoms with Crippen molar-refractivity contribution in [2.24, 2.45) is 5.73 Å². The van der Waals surface area contributed by atoms with Gasteiger partial charge in [0.25, 0.3) is 0 Å². The van der Waals surface area contributed by atoms with Crippen molar-refractivity contribution >= 4 is 34.7 Å². The molecule has 0 amide bonds. The van der Waals surface area contributed by atoms with Gasteiger partial charge in [0, 0.05) is 34.1 Å². The van der Waals surface area contributed by atoms with Crippen molar-refractivity contribution < 1.29 is 24.6 Å². The van der Waals surface area contributed by atoms with Crippen LogP contribution in [0.3, 0.4) is 0 Å². The monoisotopic (exact) mass is 358 g/mol. The number of hydrogen-bond acceptors (Lipinski definition) is 5. The Kier molecular flexibility index (Phi) is 7.49. The predicted molar refractivity (Wildman–Crippen MR) is 101 cm³/mol. The number of aldehydes is 1. The van der Waals surface area contributed by atoms with Crippen molar-refractivity contribution in [3.63, 3.8) is 0 Å². The first-order chi connectivity index (χ1) is 12.3. The molecular formula is C19H22N2O5. The van der Waals surface area contributed by atoms with Crippen LogP contribution in [0.2, 0.25) is 0 Å². The lowest BCUT2D eigenvalue weighted by Gasteiger charge is -2.15. The highest BCUT2D eigenvalue weighted by Gasteiger charge is 2.21. The van der Waals surface area contributed by atoms with Crippen LogP contribution in [-0.2, 0) is 0 Å². The van der Waals surface area contributed by atoms with Crippen LogP contribution in [0.25, 0.3) is 16.5 Å². The van der Waals surface area contributed by atoms with Gasteiger partial charge in [-0.25, -0.2) is 9.59 Å². The Morgan fingerprint density at radius 3 is 1.96 bits per heavy atom. The third kappa shape index (κ3) is 4.25. The summed E-state index contributed by atoms with van der Waals surface area (Å²) >= 11 is 0. The first-order valence-electron chi connectivity index (χ1n) is 7.98. The molecule has 138 valence electrons. The van der Waals surface area contributed by atoms with Crippen molar-refractivity contribution in [1.82, 2.24) is 5.32 Å². The summed E-state index contributed by atoms with van der Waals surface area (Å²) in [5.41, 5.74) is 5.67. The normalized spacial score (nSPS) is 9.81. The Balaban J connectivity index is 0.00000105. The number of rotatable bonds is 6. The fourth-order valence-corrected chi connectivity index (χ4v) is 2.54. The molecule has 0 spiro atoms. The van der Waals surface area contributed by atoms with E-state index in [2.05, 4.69) is 11.9 Å². The second-order valence-electron chi connectivity index (χ2n) is 5.26. The van der Waals surface area contributed by atoms with Gasteiger partial charge in [-0.05, 0) is 25.6 Å². The van der Waals surface area contributed by atoms with Crippen LogP contribution < -0.4 is 11.1 Å². The molecule has 2 rings (SSSR count). The SMILES string of the molecule is C=C(NCC)c1ccc(C(=O)O)c2c(C=O)ccc(C(=O)O)c12.CCN. The van der Waals surface area contributed by atoms with Gasteiger partial charge in [0.05, 0.1) is 11.1 Å². The molecule has 0 unspecified atom stereocenters. The standard InChI is InChI=1S/C17H15NO5.C2H7N/c1-3-18-9(2)11-6-7-12(16(20)21)14-10(8-19)4-5-13(15(11)14)17(22)23;1-2-3/h4-8,18H,2-3H2,1H3,(H,20,21)(H,22,23);2-3H2,1H3. The number of carboxylic acid groups (broad SMARTS) is 2. The average molecular weight is 358 g/mol. The van der Waals surface area contributed by atoms with Crippen molar-refractivity contribution in [1.29, 1.82) is 0 Å². The molecule has 0 aliphatic rings. The number of carbonyl (C=O) groups is 3. The first kappa shape index (κ1) is 20.9. The quantitative estimate of drug-likeness (QED) is 0.584. The predicted octanol–water partition coefficient (Wildman–Crippen LogP) is 2.59. The smallest absolute Gasteiger partial charge is 0.336 e. The van der Waals surface area contributed by atoms with Crippen LogP contribution in [0.5, 0.6) is 0 Å². The number of benzene rings is 2. The van der Waals surface area contributed by atoms with Crippen LogP contribution in [0.1, 0.15) is 50.5 Å². The largest absolute Gasteiger partial charge is 0.478 e. The number of carbonyl (C=O) groups excluding carboxylic acids is 1. The second kappa shape index (κ2) is 9.33. The Morgan fingerprint density at radius 2 is 1.50 bits per heavy atom. The maximum Gasteiger partial charge on any atom is 0.336 e. The summed E-state index contributed by atoms with van der Waals surface area (Å²) < 4.78 is 0. The van der Waals surface area contributed by atoms with Crippen LogP contribution in [-0.4, -0.2) is 41.5 Å². The number of hydrogen-bond donors (Lipinski definition) is 4. The summed E-state index contributed by atoms with van der Waals surface area (Å²) in [6.07, 6.45) is 0.514. The topological polar surface area (TPSA) is 130 Å². The van der Waals surface area contributed by atoms with Gasteiger partial charge < -0.3 is 21.3 Å². The zero-order chi connectivity index (χ0) is 19.9. The molecule has 7 nitrogen and oxygen atoms in total. The Morgan fingerprint density at radius 1 is 1.04 bits per heavy atom. The van der Waals surface area contributed by atoms with Crippen LogP contribution in [0, 0.1) is 0 Å². The van der Waals surface area contributed by atoms with Gasteiger partial charge in [0.15, 0.2) is 6.29 Å². The van der Waals surface area contributed by atoms with E-state index in [1.54, 1.807) is 0 Å². The lowest BCUT2D eigenvalue weighted by Crippen LogP contribution is -2.13. The van der Waals surface area contributed by atoms with E-state index in [9.17, 15) is 24.6 Å². The van der Waals surface area contributed by atoms with Crippen molar-refractivity contribution in [2.45, 2.75) is 13.8 Å². The van der Waals surface area contributed by atoms with Crippen LogP contribution >= 0.6 is 0 Å². The summed E-state index contributed by atoms with van der Waals surface area (Å²) in [4.78, 5) is 34.3. The molecule has 0 heterocycles. The molecule has 0 radical (unpaired) electrons. The third-order valence-corrected chi connectivity index (χ3v) is 3.50. The van der Waals surface area contributed by atoms with Gasteiger partial charge in [-0.15, -0.1) is 0 Å². The second-order valence-corrected chi connectivity index (χ2v) is 5.26. The molecule has 0 aliphatic heterocycles. The molecule has 0 saturated carbocycles. The number of fused-ring (bicyclic) bond motifs is 1. The van der Waals surface area contributed by atoms with E-state index < -0.39 is 11.9 Å². The number of nitrogens with two attached hydrogens (primary N) is 1. The molecule has 0 fully saturated rings. The van der Waals surface area contributed by atoms with Crippen LogP contribution in [0.4, 0.5) is 0 Å². The van der Waals surface area contributed by atoms with Gasteiger partial charge in [-0.1, -0.05) is 25.6 Å². The number of nitrogens with one attached hydrogen (secondary N) is 1. The molecule has 0 aliphatic carbocycles. The highest BCUT2D eigenvalue weighted by atomic mass is 16.4. The fraction of sp³-hybridized carbons (Fsp3) is 0.211. The summed E-state index contributed by atoms with van der Waals surface area (Å²) in [5.74, 6) is -2.44. The van der Waals surface area contributed by atoms with Gasteiger partial charge in [0.2, 0.25) is 0 Å². The molecule has 26 heavy (non-hydrogen) atoms. The van der Waals surface area contributed by atoms with E-state index in [4.69, 9.17) is 5.73 Å². The molecule has 0 atom stereocenters. The molecule has 2 aromatic carbocycles. The zero-order valence-corrected chi connectivity index (χ0v) is 14.7. The molecule has 2 aromatic rings. The van der Waals surface area contributed by atoms with Gasteiger partial charge in [-0.3, -0.25) is 4.79 Å². The lowest BCUT2D eigenvalue weighted by atomic mass is 9.91. The molecular weight excluding hydrogens is 336 g/mol. The fourth-order valence-electron chi connectivity index (χ4n) is 2.54. The summed E-state index contributed by atoms with van der Waals surface area (Å²) in [6, 6.07) is 5.45. The molecule has 7 heteroatoms. The van der Waals surface area contributed by atoms with E-state index in [0.29, 0.717) is 24.1 Å². The minimum absolute atomic E-state index is 0.0808. The third-order valence-electron chi connectivity index (χ3n) is 3.50. The van der Waals surface area contributed by atoms with E-state index in [1.165, 1.54) is 24.3 Å². The van der Waals surface area contributed by atoms with E-state index in [0.717, 1.165) is 6.54 Å². The van der Waals surface area contributed by atoms with Crippen molar-refractivity contribution in [2.75, 3.05) is 13.1 Å². The Bertz CT molecular complexity index is 859. The summed E-state index contributed by atoms with van der Waals surface area (Å²) in [6.45, 7) is 8.93. The number of aromatic carboxylic acids is 2. The minimum atomic E-state index is -1.23. The number of carboxylic acids is 2.